The first-order valence-electron chi connectivity index (χ1n) is 6.94. The minimum Gasteiger partial charge on any atom is -0.338 e. The zero-order chi connectivity index (χ0) is 14.3. The van der Waals surface area contributed by atoms with Crippen molar-refractivity contribution < 1.29 is 4.79 Å². The van der Waals surface area contributed by atoms with E-state index in [0.717, 1.165) is 36.5 Å². The molecule has 1 aromatic rings. The van der Waals surface area contributed by atoms with Gasteiger partial charge in [-0.05, 0) is 43.0 Å². The average molecular weight is 330 g/mol. The van der Waals surface area contributed by atoms with E-state index < -0.39 is 0 Å². The number of amides is 1. The Bertz CT molecular complexity index is 549. The average Bonchev–Trinajstić information content (AvgIpc) is 2.82. The number of halogens is 2. The summed E-state index contributed by atoms with van der Waals surface area (Å²) in [4.78, 5) is 14.9. The van der Waals surface area contributed by atoms with Crippen LogP contribution in [0.2, 0.25) is 10.0 Å². The van der Waals surface area contributed by atoms with Crippen LogP contribution < -0.4 is 0 Å². The van der Waals surface area contributed by atoms with Crippen LogP contribution in [-0.4, -0.2) is 34.9 Å². The zero-order valence-corrected chi connectivity index (χ0v) is 13.7. The largest absolute Gasteiger partial charge is 0.338 e. The molecular formula is C15H17Cl2NOS. The van der Waals surface area contributed by atoms with Gasteiger partial charge in [0.25, 0.3) is 0 Å². The Balaban J connectivity index is 1.87. The van der Waals surface area contributed by atoms with Crippen molar-refractivity contribution in [2.24, 2.45) is 0 Å². The molecule has 0 aromatic heterocycles. The van der Waals surface area contributed by atoms with Crippen molar-refractivity contribution in [1.29, 1.82) is 0 Å². The van der Waals surface area contributed by atoms with Crippen LogP contribution in [-0.2, 0) is 11.2 Å². The molecule has 3 rings (SSSR count). The molecule has 0 N–H and O–H groups in total. The van der Waals surface area contributed by atoms with E-state index >= 15 is 0 Å². The van der Waals surface area contributed by atoms with Gasteiger partial charge in [0.15, 0.2) is 0 Å². The van der Waals surface area contributed by atoms with Crippen molar-refractivity contribution in [1.82, 2.24) is 4.90 Å². The maximum atomic E-state index is 12.8. The lowest BCUT2D eigenvalue weighted by Gasteiger charge is -2.35. The SMILES string of the molecule is CC1CSCCN1C(=O)C1CCc2cc(Cl)c(Cl)cc21. The molecule has 1 aromatic carbocycles. The van der Waals surface area contributed by atoms with E-state index in [2.05, 4.69) is 6.92 Å². The number of nitrogens with zero attached hydrogens (tertiary/aromatic N) is 1. The molecule has 108 valence electrons. The summed E-state index contributed by atoms with van der Waals surface area (Å²) in [5.74, 6) is 2.30. The van der Waals surface area contributed by atoms with Crippen LogP contribution in [0.3, 0.4) is 0 Å². The first-order valence-corrected chi connectivity index (χ1v) is 8.85. The van der Waals surface area contributed by atoms with Crippen molar-refractivity contribution in [3.63, 3.8) is 0 Å². The third-order valence-electron chi connectivity index (χ3n) is 4.21. The molecule has 1 amide bonds. The highest BCUT2D eigenvalue weighted by molar-refractivity contribution is 7.99. The molecule has 2 atom stereocenters. The van der Waals surface area contributed by atoms with Crippen molar-refractivity contribution in [2.75, 3.05) is 18.1 Å². The Labute approximate surface area is 133 Å². The van der Waals surface area contributed by atoms with Gasteiger partial charge in [-0.1, -0.05) is 23.2 Å². The zero-order valence-electron chi connectivity index (χ0n) is 11.4. The quantitative estimate of drug-likeness (QED) is 0.776. The van der Waals surface area contributed by atoms with Crippen LogP contribution in [0.4, 0.5) is 0 Å². The van der Waals surface area contributed by atoms with Crippen LogP contribution in [0.5, 0.6) is 0 Å². The fourth-order valence-electron chi connectivity index (χ4n) is 3.11. The van der Waals surface area contributed by atoms with Crippen LogP contribution in [0.1, 0.15) is 30.4 Å². The summed E-state index contributed by atoms with van der Waals surface area (Å²) in [6.45, 7) is 2.99. The van der Waals surface area contributed by atoms with Crippen LogP contribution in [0, 0.1) is 0 Å². The van der Waals surface area contributed by atoms with Gasteiger partial charge in [0, 0.05) is 24.1 Å². The maximum Gasteiger partial charge on any atom is 0.230 e. The molecule has 0 spiro atoms. The van der Waals surface area contributed by atoms with E-state index in [1.54, 1.807) is 0 Å². The Kier molecular flexibility index (Phi) is 4.21. The molecule has 5 heteroatoms. The molecule has 20 heavy (non-hydrogen) atoms. The molecule has 1 saturated heterocycles. The fourth-order valence-corrected chi connectivity index (χ4v) is 4.48. The molecular weight excluding hydrogens is 313 g/mol. The number of hydrogen-bond acceptors (Lipinski definition) is 2. The summed E-state index contributed by atoms with van der Waals surface area (Å²) in [6.07, 6.45) is 1.79. The smallest absolute Gasteiger partial charge is 0.230 e. The van der Waals surface area contributed by atoms with E-state index in [9.17, 15) is 4.79 Å². The van der Waals surface area contributed by atoms with E-state index in [0.29, 0.717) is 16.1 Å². The molecule has 0 bridgehead atoms. The summed E-state index contributed by atoms with van der Waals surface area (Å²) in [6, 6.07) is 4.13. The van der Waals surface area contributed by atoms with Gasteiger partial charge in [0.05, 0.1) is 16.0 Å². The molecule has 1 heterocycles. The van der Waals surface area contributed by atoms with Crippen molar-refractivity contribution >= 4 is 40.9 Å². The molecule has 1 aliphatic heterocycles. The van der Waals surface area contributed by atoms with E-state index in [1.807, 2.05) is 28.8 Å². The normalized spacial score (nSPS) is 25.6. The monoisotopic (exact) mass is 329 g/mol. The molecule has 1 aliphatic carbocycles. The lowest BCUT2D eigenvalue weighted by Crippen LogP contribution is -2.46. The number of fused-ring (bicyclic) bond motifs is 1. The third-order valence-corrected chi connectivity index (χ3v) is 6.12. The van der Waals surface area contributed by atoms with Crippen molar-refractivity contribution in [3.05, 3.63) is 33.3 Å². The lowest BCUT2D eigenvalue weighted by molar-refractivity contribution is -0.134. The van der Waals surface area contributed by atoms with Gasteiger partial charge in [-0.15, -0.1) is 0 Å². The molecule has 2 nitrogen and oxygen atoms in total. The van der Waals surface area contributed by atoms with Crippen LogP contribution in [0.15, 0.2) is 12.1 Å². The number of aryl methyl sites for hydroxylation is 1. The summed E-state index contributed by atoms with van der Waals surface area (Å²) >= 11 is 14.1. The predicted octanol–water partition coefficient (Wildman–Crippen LogP) is 3.99. The Morgan fingerprint density at radius 2 is 2.10 bits per heavy atom. The van der Waals surface area contributed by atoms with Gasteiger partial charge >= 0.3 is 0 Å². The Morgan fingerprint density at radius 3 is 2.85 bits per heavy atom. The second-order valence-electron chi connectivity index (χ2n) is 5.51. The number of carbonyl (C=O) groups excluding carboxylic acids is 1. The van der Waals surface area contributed by atoms with Crippen LogP contribution in [0.25, 0.3) is 0 Å². The van der Waals surface area contributed by atoms with Gasteiger partial charge in [-0.3, -0.25) is 4.79 Å². The minimum absolute atomic E-state index is 0.0367. The second-order valence-corrected chi connectivity index (χ2v) is 7.48. The molecule has 2 aliphatic rings. The number of benzene rings is 1. The molecule has 0 radical (unpaired) electrons. The van der Waals surface area contributed by atoms with E-state index in [4.69, 9.17) is 23.2 Å². The summed E-state index contributed by atoms with van der Waals surface area (Å²) in [5, 5.41) is 1.13. The van der Waals surface area contributed by atoms with Gasteiger partial charge in [-0.2, -0.15) is 11.8 Å². The van der Waals surface area contributed by atoms with Gasteiger partial charge in [0.2, 0.25) is 5.91 Å². The van der Waals surface area contributed by atoms with Gasteiger partial charge in [0.1, 0.15) is 0 Å². The van der Waals surface area contributed by atoms with E-state index in [-0.39, 0.29) is 11.8 Å². The molecule has 2 unspecified atom stereocenters. The first kappa shape index (κ1) is 14.6. The summed E-state index contributed by atoms with van der Waals surface area (Å²) in [5.41, 5.74) is 2.26. The molecule has 1 fully saturated rings. The van der Waals surface area contributed by atoms with Gasteiger partial charge in [-0.25, -0.2) is 0 Å². The fraction of sp³-hybridized carbons (Fsp3) is 0.533. The number of hydrogen-bond donors (Lipinski definition) is 0. The first-order chi connectivity index (χ1) is 9.58. The summed E-state index contributed by atoms with van der Waals surface area (Å²) in [7, 11) is 0. The third kappa shape index (κ3) is 2.56. The maximum absolute atomic E-state index is 12.8. The lowest BCUT2D eigenvalue weighted by atomic mass is 9.99. The number of carbonyl (C=O) groups is 1. The summed E-state index contributed by atoms with van der Waals surface area (Å²) < 4.78 is 0. The highest BCUT2D eigenvalue weighted by Gasteiger charge is 2.35. The van der Waals surface area contributed by atoms with Crippen LogP contribution >= 0.6 is 35.0 Å². The van der Waals surface area contributed by atoms with Crippen molar-refractivity contribution in [3.8, 4) is 0 Å². The highest BCUT2D eigenvalue weighted by Crippen LogP contribution is 2.39. The topological polar surface area (TPSA) is 20.3 Å². The minimum atomic E-state index is -0.0367. The van der Waals surface area contributed by atoms with Crippen molar-refractivity contribution in [2.45, 2.75) is 31.7 Å². The van der Waals surface area contributed by atoms with Gasteiger partial charge < -0.3 is 4.90 Å². The second kappa shape index (κ2) is 5.78. The standard InChI is InChI=1S/C15H17Cl2NOS/c1-9-8-20-5-4-18(9)15(19)11-3-2-10-6-13(16)14(17)7-12(10)11/h6-7,9,11H,2-5,8H2,1H3. The number of thioether (sulfide) groups is 1. The highest BCUT2D eigenvalue weighted by atomic mass is 35.5. The number of rotatable bonds is 1. The Hall–Kier alpha value is -0.380. The Morgan fingerprint density at radius 1 is 1.35 bits per heavy atom. The molecule has 0 saturated carbocycles. The van der Waals surface area contributed by atoms with E-state index in [1.165, 1.54) is 5.56 Å². The predicted molar refractivity (Wildman–Crippen MR) is 86.0 cm³/mol.